The predicted molar refractivity (Wildman–Crippen MR) is 126 cm³/mol. The van der Waals surface area contributed by atoms with E-state index in [9.17, 15) is 10.1 Å². The largest absolute Gasteiger partial charge is 0.484 e. The third kappa shape index (κ3) is 3.83. The fourth-order valence-electron chi connectivity index (χ4n) is 4.77. The second-order valence-corrected chi connectivity index (χ2v) is 8.37. The molecule has 2 bridgehead atoms. The number of esters is 1. The number of nitrogens with zero attached hydrogens (tertiary/aromatic N) is 1. The summed E-state index contributed by atoms with van der Waals surface area (Å²) >= 11 is 0. The Kier molecular flexibility index (Phi) is 5.54. The molecule has 2 atom stereocenters. The maximum atomic E-state index is 13.1. The van der Waals surface area contributed by atoms with Gasteiger partial charge in [-0.25, -0.2) is 4.79 Å². The molecule has 0 N–H and O–H groups in total. The molecule has 4 heteroatoms. The summed E-state index contributed by atoms with van der Waals surface area (Å²) in [6.07, 6.45) is 2.46. The first-order valence-corrected chi connectivity index (χ1v) is 11.0. The van der Waals surface area contributed by atoms with E-state index in [2.05, 4.69) is 18.2 Å². The fourth-order valence-corrected chi connectivity index (χ4v) is 4.77. The molecular formula is C29H23NO3. The molecule has 1 aliphatic heterocycles. The van der Waals surface area contributed by atoms with Gasteiger partial charge in [0.25, 0.3) is 0 Å². The standard InChI is InChI=1S/C29H23NO3/c30-19-25-27(22-12-6-2-7-13-22)33-26-18-29(25,23-14-8-3-9-15-23)17-16-24(26)28(31)32-20-21-10-4-1-5-11-21/h1-16,26H,17-18,20H2. The van der Waals surface area contributed by atoms with Gasteiger partial charge in [0.2, 0.25) is 0 Å². The lowest BCUT2D eigenvalue weighted by Gasteiger charge is -2.45. The third-order valence-electron chi connectivity index (χ3n) is 6.44. The molecule has 0 radical (unpaired) electrons. The van der Waals surface area contributed by atoms with Gasteiger partial charge in [0.05, 0.1) is 17.2 Å². The van der Waals surface area contributed by atoms with Crippen LogP contribution in [0.25, 0.3) is 5.76 Å². The highest BCUT2D eigenvalue weighted by atomic mass is 16.5. The maximum absolute atomic E-state index is 13.1. The number of carbonyl (C=O) groups excluding carboxylic acids is 1. The topological polar surface area (TPSA) is 59.3 Å². The van der Waals surface area contributed by atoms with E-state index in [4.69, 9.17) is 9.47 Å². The van der Waals surface area contributed by atoms with E-state index in [1.165, 1.54) is 0 Å². The highest BCUT2D eigenvalue weighted by molar-refractivity contribution is 5.91. The summed E-state index contributed by atoms with van der Waals surface area (Å²) in [5.41, 5.74) is 3.39. The van der Waals surface area contributed by atoms with Crippen LogP contribution in [0.1, 0.15) is 29.5 Å². The molecule has 0 saturated heterocycles. The van der Waals surface area contributed by atoms with Crippen LogP contribution >= 0.6 is 0 Å². The van der Waals surface area contributed by atoms with Crippen LogP contribution in [0.4, 0.5) is 0 Å². The highest BCUT2D eigenvalue weighted by Crippen LogP contribution is 2.52. The van der Waals surface area contributed by atoms with Crippen molar-refractivity contribution in [2.24, 2.45) is 0 Å². The van der Waals surface area contributed by atoms with E-state index in [-0.39, 0.29) is 12.6 Å². The molecule has 2 unspecified atom stereocenters. The molecule has 1 aliphatic carbocycles. The molecule has 0 fully saturated rings. The van der Waals surface area contributed by atoms with Crippen LogP contribution < -0.4 is 0 Å². The van der Waals surface area contributed by atoms with Gasteiger partial charge in [-0.3, -0.25) is 0 Å². The number of nitriles is 1. The Morgan fingerprint density at radius 3 is 2.27 bits per heavy atom. The van der Waals surface area contributed by atoms with Crippen LogP contribution in [0.3, 0.4) is 0 Å². The van der Waals surface area contributed by atoms with E-state index in [1.807, 2.05) is 84.9 Å². The number of hydrogen-bond acceptors (Lipinski definition) is 4. The van der Waals surface area contributed by atoms with Gasteiger partial charge in [0.15, 0.2) is 0 Å². The van der Waals surface area contributed by atoms with Gasteiger partial charge < -0.3 is 9.47 Å². The zero-order valence-corrected chi connectivity index (χ0v) is 18.1. The number of rotatable bonds is 5. The average Bonchev–Trinajstić information content (AvgIpc) is 2.89. The Labute approximate surface area is 193 Å². The van der Waals surface area contributed by atoms with Gasteiger partial charge in [-0.05, 0) is 17.5 Å². The number of fused-ring (bicyclic) bond motifs is 2. The van der Waals surface area contributed by atoms with Crippen LogP contribution in [0.5, 0.6) is 0 Å². The monoisotopic (exact) mass is 433 g/mol. The van der Waals surface area contributed by atoms with E-state index >= 15 is 0 Å². The van der Waals surface area contributed by atoms with Gasteiger partial charge in [-0.2, -0.15) is 5.26 Å². The summed E-state index contributed by atoms with van der Waals surface area (Å²) in [4.78, 5) is 13.1. The van der Waals surface area contributed by atoms with Gasteiger partial charge >= 0.3 is 5.97 Å². The number of benzene rings is 3. The van der Waals surface area contributed by atoms with Crippen molar-refractivity contribution < 1.29 is 14.3 Å². The van der Waals surface area contributed by atoms with Crippen molar-refractivity contribution in [3.63, 3.8) is 0 Å². The second kappa shape index (κ2) is 8.80. The van der Waals surface area contributed by atoms with Crippen LogP contribution in [0.2, 0.25) is 0 Å². The summed E-state index contributed by atoms with van der Waals surface area (Å²) in [7, 11) is 0. The molecule has 0 aromatic heterocycles. The van der Waals surface area contributed by atoms with Gasteiger partial charge in [0.1, 0.15) is 18.5 Å². The summed E-state index contributed by atoms with van der Waals surface area (Å²) in [5, 5.41) is 10.2. The van der Waals surface area contributed by atoms with Crippen molar-refractivity contribution in [1.29, 1.82) is 5.26 Å². The molecule has 3 aromatic carbocycles. The lowest BCUT2D eigenvalue weighted by atomic mass is 9.63. The number of allylic oxidation sites excluding steroid dienone is 2. The minimum absolute atomic E-state index is 0.207. The van der Waals surface area contributed by atoms with Crippen molar-refractivity contribution in [3.8, 4) is 6.07 Å². The molecule has 4 nitrogen and oxygen atoms in total. The second-order valence-electron chi connectivity index (χ2n) is 8.37. The smallest absolute Gasteiger partial charge is 0.337 e. The molecule has 0 saturated carbocycles. The van der Waals surface area contributed by atoms with E-state index < -0.39 is 11.5 Å². The highest BCUT2D eigenvalue weighted by Gasteiger charge is 2.49. The van der Waals surface area contributed by atoms with Crippen molar-refractivity contribution in [3.05, 3.63) is 125 Å². The zero-order valence-electron chi connectivity index (χ0n) is 18.1. The number of hydrogen-bond donors (Lipinski definition) is 0. The zero-order chi connectivity index (χ0) is 22.7. The normalized spacial score (nSPS) is 21.4. The Balaban J connectivity index is 1.53. The van der Waals surface area contributed by atoms with Crippen LogP contribution in [-0.2, 0) is 26.3 Å². The van der Waals surface area contributed by atoms with E-state index in [0.717, 1.165) is 16.7 Å². The van der Waals surface area contributed by atoms with E-state index in [0.29, 0.717) is 29.7 Å². The summed E-state index contributed by atoms with van der Waals surface area (Å²) in [6.45, 7) is 0.207. The molecule has 33 heavy (non-hydrogen) atoms. The van der Waals surface area contributed by atoms with Crippen molar-refractivity contribution in [2.75, 3.05) is 0 Å². The molecule has 0 amide bonds. The van der Waals surface area contributed by atoms with Crippen molar-refractivity contribution in [2.45, 2.75) is 31.0 Å². The molecule has 0 spiro atoms. The first-order chi connectivity index (χ1) is 16.2. The minimum atomic E-state index is -0.548. The predicted octanol–water partition coefficient (Wildman–Crippen LogP) is 5.72. The summed E-state index contributed by atoms with van der Waals surface area (Å²) < 4.78 is 12.0. The molecular weight excluding hydrogens is 410 g/mol. The average molecular weight is 434 g/mol. The third-order valence-corrected chi connectivity index (χ3v) is 6.44. The van der Waals surface area contributed by atoms with Crippen LogP contribution in [0, 0.1) is 11.3 Å². The Bertz CT molecular complexity index is 1260. The number of carbonyl (C=O) groups is 1. The molecule has 2 aliphatic rings. The van der Waals surface area contributed by atoms with Crippen molar-refractivity contribution >= 4 is 11.7 Å². The SMILES string of the molecule is N#CC1=C(c2ccccc2)OC2CC1(c1ccccc1)CC=C2C(=O)OCc1ccccc1. The first kappa shape index (κ1) is 20.8. The summed E-state index contributed by atoms with van der Waals surface area (Å²) in [6, 6.07) is 31.7. The molecule has 162 valence electrons. The quantitative estimate of drug-likeness (QED) is 0.483. The molecule has 1 heterocycles. The summed E-state index contributed by atoms with van der Waals surface area (Å²) in [5.74, 6) is 0.165. The lowest BCUT2D eigenvalue weighted by molar-refractivity contribution is -0.141. The number of ether oxygens (including phenoxy) is 2. The van der Waals surface area contributed by atoms with E-state index in [1.54, 1.807) is 0 Å². The van der Waals surface area contributed by atoms with Crippen molar-refractivity contribution in [1.82, 2.24) is 0 Å². The first-order valence-electron chi connectivity index (χ1n) is 11.0. The minimum Gasteiger partial charge on any atom is -0.484 e. The lowest BCUT2D eigenvalue weighted by Crippen LogP contribution is -2.43. The molecule has 3 aromatic rings. The Morgan fingerprint density at radius 2 is 1.61 bits per heavy atom. The molecule has 5 rings (SSSR count). The fraction of sp³-hybridized carbons (Fsp3) is 0.172. The van der Waals surface area contributed by atoms with Crippen LogP contribution in [0.15, 0.2) is 108 Å². The van der Waals surface area contributed by atoms with Gasteiger partial charge in [-0.15, -0.1) is 0 Å². The van der Waals surface area contributed by atoms with Crippen LogP contribution in [-0.4, -0.2) is 12.1 Å². The Hall–Kier alpha value is -4.10. The Morgan fingerprint density at radius 1 is 0.970 bits per heavy atom. The maximum Gasteiger partial charge on any atom is 0.337 e. The van der Waals surface area contributed by atoms with Gasteiger partial charge in [-0.1, -0.05) is 97.1 Å². The van der Waals surface area contributed by atoms with Gasteiger partial charge in [0, 0.05) is 17.4 Å².